The molecule has 0 spiro atoms. The number of aromatic amines is 1. The van der Waals surface area contributed by atoms with Crippen LogP contribution in [0.2, 0.25) is 0 Å². The van der Waals surface area contributed by atoms with Crippen LogP contribution in [0.1, 0.15) is 38.5 Å². The van der Waals surface area contributed by atoms with Gasteiger partial charge in [-0.2, -0.15) is 0 Å². The number of hydrogen-bond acceptors (Lipinski definition) is 2. The molecule has 1 fully saturated rings. The first-order chi connectivity index (χ1) is 9.83. The van der Waals surface area contributed by atoms with Gasteiger partial charge in [0.05, 0.1) is 0 Å². The summed E-state index contributed by atoms with van der Waals surface area (Å²) in [5.41, 5.74) is -0.0126. The predicted molar refractivity (Wildman–Crippen MR) is 84.3 cm³/mol. The van der Waals surface area contributed by atoms with E-state index in [1.807, 2.05) is 30.3 Å². The van der Waals surface area contributed by atoms with Crippen molar-refractivity contribution in [1.29, 1.82) is 0 Å². The first-order valence-corrected chi connectivity index (χ1v) is 7.69. The Morgan fingerprint density at radius 2 is 2.00 bits per heavy atom. The molecule has 2 aromatic rings. The number of hydrogen-bond donors (Lipinski definition) is 2. The number of nitrogens with one attached hydrogen (secondary N) is 2. The van der Waals surface area contributed by atoms with E-state index >= 15 is 0 Å². The van der Waals surface area contributed by atoms with Crippen molar-refractivity contribution in [2.24, 2.45) is 5.92 Å². The molecule has 106 valence electrons. The molecule has 3 heteroatoms. The Hall–Kier alpha value is -1.77. The number of anilines is 1. The highest BCUT2D eigenvalue weighted by molar-refractivity contribution is 5.83. The molecule has 1 heterocycles. The molecule has 0 aliphatic heterocycles. The van der Waals surface area contributed by atoms with Gasteiger partial charge in [0.15, 0.2) is 0 Å². The van der Waals surface area contributed by atoms with E-state index in [2.05, 4.69) is 10.3 Å². The van der Waals surface area contributed by atoms with Gasteiger partial charge < -0.3 is 10.3 Å². The summed E-state index contributed by atoms with van der Waals surface area (Å²) in [6, 6.07) is 9.72. The van der Waals surface area contributed by atoms with Crippen LogP contribution in [-0.2, 0) is 0 Å². The zero-order chi connectivity index (χ0) is 13.8. The van der Waals surface area contributed by atoms with Gasteiger partial charge in [-0.25, -0.2) is 0 Å². The molecule has 0 unspecified atom stereocenters. The Morgan fingerprint density at radius 1 is 1.20 bits per heavy atom. The molecule has 2 N–H and O–H groups in total. The minimum atomic E-state index is -0.0126. The van der Waals surface area contributed by atoms with Gasteiger partial charge >= 0.3 is 0 Å². The highest BCUT2D eigenvalue weighted by Gasteiger charge is 2.13. The Labute approximate surface area is 119 Å². The molecule has 20 heavy (non-hydrogen) atoms. The lowest BCUT2D eigenvalue weighted by atomic mass is 10.0. The molecule has 1 saturated carbocycles. The van der Waals surface area contributed by atoms with Crippen LogP contribution in [0.3, 0.4) is 0 Å². The third-order valence-corrected chi connectivity index (χ3v) is 4.33. The fourth-order valence-corrected chi connectivity index (χ4v) is 3.22. The van der Waals surface area contributed by atoms with Gasteiger partial charge in [-0.1, -0.05) is 43.9 Å². The van der Waals surface area contributed by atoms with Crippen LogP contribution in [0.15, 0.2) is 35.1 Å². The smallest absolute Gasteiger partial charge is 0.257 e. The van der Waals surface area contributed by atoms with Crippen LogP contribution in [0, 0.1) is 5.92 Å². The lowest BCUT2D eigenvalue weighted by Gasteiger charge is -2.10. The first-order valence-electron chi connectivity index (χ1n) is 7.69. The maximum absolute atomic E-state index is 11.9. The van der Waals surface area contributed by atoms with Gasteiger partial charge in [0.1, 0.15) is 5.82 Å². The summed E-state index contributed by atoms with van der Waals surface area (Å²) < 4.78 is 0. The van der Waals surface area contributed by atoms with E-state index in [4.69, 9.17) is 0 Å². The second-order valence-corrected chi connectivity index (χ2v) is 5.82. The largest absolute Gasteiger partial charge is 0.372 e. The molecule has 3 rings (SSSR count). The fourth-order valence-electron chi connectivity index (χ4n) is 3.22. The molecule has 0 amide bonds. The van der Waals surface area contributed by atoms with E-state index in [-0.39, 0.29) is 5.56 Å². The van der Waals surface area contributed by atoms with Crippen LogP contribution in [-0.4, -0.2) is 11.5 Å². The van der Waals surface area contributed by atoms with Gasteiger partial charge in [0, 0.05) is 11.9 Å². The van der Waals surface area contributed by atoms with Gasteiger partial charge in [0.25, 0.3) is 5.56 Å². The van der Waals surface area contributed by atoms with Crippen molar-refractivity contribution in [3.05, 3.63) is 40.7 Å². The molecular formula is C17H22N2O. The molecule has 3 nitrogen and oxygen atoms in total. The zero-order valence-corrected chi connectivity index (χ0v) is 11.8. The van der Waals surface area contributed by atoms with Crippen LogP contribution in [0.4, 0.5) is 5.82 Å². The summed E-state index contributed by atoms with van der Waals surface area (Å²) in [4.78, 5) is 14.9. The number of aromatic nitrogens is 1. The Bertz CT molecular complexity index is 626. The van der Waals surface area contributed by atoms with Crippen LogP contribution < -0.4 is 10.9 Å². The lowest BCUT2D eigenvalue weighted by molar-refractivity contribution is 0.491. The summed E-state index contributed by atoms with van der Waals surface area (Å²) >= 11 is 0. The third-order valence-electron chi connectivity index (χ3n) is 4.33. The van der Waals surface area contributed by atoms with Crippen molar-refractivity contribution in [2.45, 2.75) is 38.5 Å². The van der Waals surface area contributed by atoms with E-state index in [0.29, 0.717) is 0 Å². The molecule has 1 aliphatic carbocycles. The normalized spacial score (nSPS) is 15.8. The highest BCUT2D eigenvalue weighted by atomic mass is 16.1. The number of pyridine rings is 1. The van der Waals surface area contributed by atoms with E-state index in [9.17, 15) is 4.79 Å². The van der Waals surface area contributed by atoms with Gasteiger partial charge in [0.2, 0.25) is 0 Å². The number of rotatable bonds is 5. The number of H-pyrrole nitrogens is 1. The Morgan fingerprint density at radius 3 is 2.85 bits per heavy atom. The van der Waals surface area contributed by atoms with E-state index in [0.717, 1.165) is 29.1 Å². The summed E-state index contributed by atoms with van der Waals surface area (Å²) in [5, 5.41) is 5.09. The maximum Gasteiger partial charge on any atom is 0.257 e. The van der Waals surface area contributed by atoms with Crippen LogP contribution >= 0.6 is 0 Å². The van der Waals surface area contributed by atoms with E-state index in [1.54, 1.807) is 0 Å². The van der Waals surface area contributed by atoms with Crippen molar-refractivity contribution in [3.63, 3.8) is 0 Å². The standard InChI is InChI=1S/C17H22N2O/c20-17-15-10-4-3-9-14(15)12-16(19-17)18-11-5-8-13-6-1-2-7-13/h3-4,9-10,12-13H,1-2,5-8,11H2,(H2,18,19,20). The third kappa shape index (κ3) is 3.03. The summed E-state index contributed by atoms with van der Waals surface area (Å²) in [6.07, 6.45) is 8.14. The van der Waals surface area contributed by atoms with Crippen molar-refractivity contribution in [1.82, 2.24) is 4.98 Å². The van der Waals surface area contributed by atoms with E-state index < -0.39 is 0 Å². The summed E-state index contributed by atoms with van der Waals surface area (Å²) in [7, 11) is 0. The summed E-state index contributed by atoms with van der Waals surface area (Å²) in [5.74, 6) is 1.77. The topological polar surface area (TPSA) is 44.9 Å². The molecule has 1 aliphatic rings. The SMILES string of the molecule is O=c1[nH]c(NCCCC2CCCC2)cc2ccccc12. The van der Waals surface area contributed by atoms with Crippen molar-refractivity contribution in [2.75, 3.05) is 11.9 Å². The summed E-state index contributed by atoms with van der Waals surface area (Å²) in [6.45, 7) is 0.935. The minimum absolute atomic E-state index is 0.0126. The maximum atomic E-state index is 11.9. The van der Waals surface area contributed by atoms with Crippen molar-refractivity contribution >= 4 is 16.6 Å². The second-order valence-electron chi connectivity index (χ2n) is 5.82. The Kier molecular flexibility index (Phi) is 4.05. The average molecular weight is 270 g/mol. The van der Waals surface area contributed by atoms with E-state index in [1.165, 1.54) is 38.5 Å². The van der Waals surface area contributed by atoms with Gasteiger partial charge in [-0.15, -0.1) is 0 Å². The fraction of sp³-hybridized carbons (Fsp3) is 0.471. The average Bonchev–Trinajstić information content (AvgIpc) is 2.97. The number of fused-ring (bicyclic) bond motifs is 1. The Balaban J connectivity index is 1.58. The highest BCUT2D eigenvalue weighted by Crippen LogP contribution is 2.28. The quantitative estimate of drug-likeness (QED) is 0.809. The van der Waals surface area contributed by atoms with Crippen LogP contribution in [0.5, 0.6) is 0 Å². The molecule has 0 bridgehead atoms. The van der Waals surface area contributed by atoms with Crippen molar-refractivity contribution in [3.8, 4) is 0 Å². The molecular weight excluding hydrogens is 248 g/mol. The van der Waals surface area contributed by atoms with Crippen molar-refractivity contribution < 1.29 is 0 Å². The first kappa shape index (κ1) is 13.2. The zero-order valence-electron chi connectivity index (χ0n) is 11.8. The minimum Gasteiger partial charge on any atom is -0.372 e. The molecule has 1 aromatic heterocycles. The predicted octanol–water partition coefficient (Wildman–Crippen LogP) is 3.91. The molecule has 0 saturated heterocycles. The molecule has 1 aromatic carbocycles. The number of benzene rings is 1. The van der Waals surface area contributed by atoms with Gasteiger partial charge in [-0.3, -0.25) is 4.79 Å². The monoisotopic (exact) mass is 270 g/mol. The van der Waals surface area contributed by atoms with Gasteiger partial charge in [-0.05, 0) is 36.3 Å². The van der Waals surface area contributed by atoms with Crippen LogP contribution in [0.25, 0.3) is 10.8 Å². The molecule has 0 atom stereocenters. The molecule has 0 radical (unpaired) electrons. The second kappa shape index (κ2) is 6.12. The lowest BCUT2D eigenvalue weighted by Crippen LogP contribution is -2.12.